The molecule has 1 fully saturated rings. The predicted molar refractivity (Wildman–Crippen MR) is 215 cm³/mol. The first-order chi connectivity index (χ1) is 25.7. The first-order valence-corrected chi connectivity index (χ1v) is 22.2. The number of rotatable bonds is 36. The van der Waals surface area contributed by atoms with E-state index in [0.717, 1.165) is 63.7 Å². The summed E-state index contributed by atoms with van der Waals surface area (Å²) in [6.45, 7) is 6.22. The number of unbranched alkanes of at least 4 members (excludes halogenated alkanes) is 20. The third-order valence-corrected chi connectivity index (χ3v) is 10.9. The molecule has 0 radical (unpaired) electrons. The fourth-order valence-electron chi connectivity index (χ4n) is 7.46. The molecule has 5 atom stereocenters. The number of carbonyl (C=O) groups excluding carboxylic acids is 3. The van der Waals surface area contributed by atoms with Gasteiger partial charge in [-0.15, -0.1) is 0 Å². The van der Waals surface area contributed by atoms with Crippen LogP contribution in [0.25, 0.3) is 0 Å². The summed E-state index contributed by atoms with van der Waals surface area (Å²) >= 11 is 0. The molecule has 0 bridgehead atoms. The lowest BCUT2D eigenvalue weighted by Gasteiger charge is -2.18. The van der Waals surface area contributed by atoms with Crippen molar-refractivity contribution in [3.05, 3.63) is 12.2 Å². The zero-order chi connectivity index (χ0) is 38.9. The van der Waals surface area contributed by atoms with Crippen LogP contribution in [0, 0.1) is 17.8 Å². The van der Waals surface area contributed by atoms with E-state index in [1.807, 2.05) is 6.08 Å². The zero-order valence-corrected chi connectivity index (χ0v) is 34.4. The molecule has 53 heavy (non-hydrogen) atoms. The van der Waals surface area contributed by atoms with Crippen molar-refractivity contribution in [2.75, 3.05) is 13.2 Å². The van der Waals surface area contributed by atoms with Crippen molar-refractivity contribution in [3.8, 4) is 0 Å². The lowest BCUT2D eigenvalue weighted by atomic mass is 9.88. The number of aliphatic hydroxyl groups excluding tert-OH is 3. The fourth-order valence-corrected chi connectivity index (χ4v) is 7.46. The molecule has 0 spiro atoms. The number of hydrogen-bond donors (Lipinski definition) is 3. The van der Waals surface area contributed by atoms with Gasteiger partial charge >= 0.3 is 11.9 Å². The molecule has 0 aromatic carbocycles. The maximum absolute atomic E-state index is 12.5. The number of Topliss-reactive ketones (excluding diaryl/α,β-unsaturated/α-hetero) is 1. The Bertz CT molecular complexity index is 933. The minimum atomic E-state index is -0.856. The van der Waals surface area contributed by atoms with E-state index in [9.17, 15) is 29.7 Å². The largest absolute Gasteiger partial charge is 0.462 e. The maximum Gasteiger partial charge on any atom is 0.306 e. The van der Waals surface area contributed by atoms with Crippen molar-refractivity contribution in [1.29, 1.82) is 0 Å². The van der Waals surface area contributed by atoms with E-state index in [0.29, 0.717) is 25.7 Å². The highest BCUT2D eigenvalue weighted by Crippen LogP contribution is 2.34. The fraction of sp³-hybridized carbons (Fsp3) is 0.889. The molecular weight excluding hydrogens is 668 g/mol. The van der Waals surface area contributed by atoms with Crippen molar-refractivity contribution >= 4 is 17.7 Å². The van der Waals surface area contributed by atoms with Gasteiger partial charge in [0, 0.05) is 31.1 Å². The Hall–Kier alpha value is -1.77. The molecule has 0 heterocycles. The van der Waals surface area contributed by atoms with E-state index in [2.05, 4.69) is 20.8 Å². The summed E-state index contributed by atoms with van der Waals surface area (Å²) in [4.78, 5) is 37.0. The van der Waals surface area contributed by atoms with Gasteiger partial charge in [-0.2, -0.15) is 0 Å². The summed E-state index contributed by atoms with van der Waals surface area (Å²) in [5.74, 6) is -0.299. The molecule has 0 aromatic heterocycles. The SMILES string of the molecule is CCCCC[C@H](O)/C=C/[C@H]1[C@H](O)CC(=O)[C@@H]1CCCCCCC(=O)O[C@@H](CO)COC(=O)CCCCCCCCCCCCCCCCCCC(C)C. The second kappa shape index (κ2) is 33.6. The van der Waals surface area contributed by atoms with E-state index in [1.54, 1.807) is 6.08 Å². The highest BCUT2D eigenvalue weighted by Gasteiger charge is 2.39. The maximum atomic E-state index is 12.5. The average Bonchev–Trinajstić information content (AvgIpc) is 3.40. The van der Waals surface area contributed by atoms with Crippen molar-refractivity contribution in [1.82, 2.24) is 0 Å². The van der Waals surface area contributed by atoms with E-state index in [1.165, 1.54) is 89.9 Å². The summed E-state index contributed by atoms with van der Waals surface area (Å²) < 4.78 is 10.6. The highest BCUT2D eigenvalue weighted by molar-refractivity contribution is 5.84. The molecule has 0 unspecified atom stereocenters. The quantitative estimate of drug-likeness (QED) is 0.0328. The van der Waals surface area contributed by atoms with Crippen LogP contribution in [0.4, 0.5) is 0 Å². The van der Waals surface area contributed by atoms with Gasteiger partial charge in [0.05, 0.1) is 18.8 Å². The van der Waals surface area contributed by atoms with Gasteiger partial charge in [0.25, 0.3) is 0 Å². The smallest absolute Gasteiger partial charge is 0.306 e. The van der Waals surface area contributed by atoms with E-state index in [-0.39, 0.29) is 43.0 Å². The number of esters is 2. The normalized spacial score (nSPS) is 18.6. The third kappa shape index (κ3) is 27.5. The Morgan fingerprint density at radius 2 is 1.21 bits per heavy atom. The average molecular weight is 751 g/mol. The van der Waals surface area contributed by atoms with Crippen molar-refractivity contribution in [2.24, 2.45) is 17.8 Å². The van der Waals surface area contributed by atoms with Crippen LogP contribution >= 0.6 is 0 Å². The Morgan fingerprint density at radius 3 is 1.74 bits per heavy atom. The van der Waals surface area contributed by atoms with Crippen LogP contribution in [0.1, 0.15) is 207 Å². The van der Waals surface area contributed by atoms with E-state index in [4.69, 9.17) is 9.47 Å². The van der Waals surface area contributed by atoms with Gasteiger partial charge in [0.15, 0.2) is 6.10 Å². The number of aliphatic hydroxyl groups is 3. The molecule has 1 aliphatic carbocycles. The van der Waals surface area contributed by atoms with Gasteiger partial charge in [-0.05, 0) is 31.6 Å². The summed E-state index contributed by atoms with van der Waals surface area (Å²) in [7, 11) is 0. The molecule has 8 heteroatoms. The standard InChI is InChI=1S/C45H82O8/c1-4-5-22-28-38(47)32-33-41-40(42(48)34-43(41)49)29-24-20-21-26-31-45(51)53-39(35-46)36-52-44(50)30-25-19-17-15-13-11-9-7-6-8-10-12-14-16-18-23-27-37(2)3/h32-33,37-41,43,46-47,49H,4-31,34-36H2,1-3H3/b33-32+/t38-,39-,40+,41+,43+/m0/s1. The van der Waals surface area contributed by atoms with Crippen LogP contribution in [-0.2, 0) is 23.9 Å². The Kier molecular flexibility index (Phi) is 31.2. The summed E-state index contributed by atoms with van der Waals surface area (Å²) in [5, 5.41) is 30.2. The molecule has 1 saturated carbocycles. The van der Waals surface area contributed by atoms with Gasteiger partial charge < -0.3 is 24.8 Å². The van der Waals surface area contributed by atoms with E-state index >= 15 is 0 Å². The van der Waals surface area contributed by atoms with Crippen LogP contribution in [0.2, 0.25) is 0 Å². The van der Waals surface area contributed by atoms with Crippen molar-refractivity contribution in [2.45, 2.75) is 225 Å². The third-order valence-electron chi connectivity index (χ3n) is 10.9. The van der Waals surface area contributed by atoms with Gasteiger partial charge in [-0.3, -0.25) is 14.4 Å². The Balaban J connectivity index is 2.01. The van der Waals surface area contributed by atoms with Gasteiger partial charge in [0.1, 0.15) is 12.4 Å². The monoisotopic (exact) mass is 751 g/mol. The van der Waals surface area contributed by atoms with Crippen LogP contribution in [0.3, 0.4) is 0 Å². The first-order valence-electron chi connectivity index (χ1n) is 22.2. The summed E-state index contributed by atoms with van der Waals surface area (Å²) in [6, 6.07) is 0. The molecule has 0 aliphatic heterocycles. The number of ether oxygens (including phenoxy) is 2. The van der Waals surface area contributed by atoms with Crippen molar-refractivity contribution in [3.63, 3.8) is 0 Å². The van der Waals surface area contributed by atoms with Gasteiger partial charge in [-0.1, -0.05) is 174 Å². The minimum Gasteiger partial charge on any atom is -0.462 e. The molecular formula is C45H82O8. The lowest BCUT2D eigenvalue weighted by Crippen LogP contribution is -2.28. The lowest BCUT2D eigenvalue weighted by molar-refractivity contribution is -0.161. The molecule has 0 saturated heterocycles. The minimum absolute atomic E-state index is 0.0807. The second-order valence-corrected chi connectivity index (χ2v) is 16.4. The molecule has 8 nitrogen and oxygen atoms in total. The van der Waals surface area contributed by atoms with Crippen LogP contribution in [-0.4, -0.2) is 64.6 Å². The number of carbonyl (C=O) groups is 3. The number of ketones is 1. The Morgan fingerprint density at radius 1 is 0.717 bits per heavy atom. The van der Waals surface area contributed by atoms with Crippen LogP contribution in [0.15, 0.2) is 12.2 Å². The predicted octanol–water partition coefficient (Wildman–Crippen LogP) is 10.5. The molecule has 3 N–H and O–H groups in total. The number of hydrogen-bond acceptors (Lipinski definition) is 8. The molecule has 0 amide bonds. The summed E-state index contributed by atoms with van der Waals surface area (Å²) in [6.07, 6.45) is 31.7. The summed E-state index contributed by atoms with van der Waals surface area (Å²) in [5.41, 5.74) is 0. The molecule has 310 valence electrons. The van der Waals surface area contributed by atoms with Crippen molar-refractivity contribution < 1.29 is 39.2 Å². The van der Waals surface area contributed by atoms with Crippen LogP contribution in [0.5, 0.6) is 0 Å². The molecule has 1 aliphatic rings. The highest BCUT2D eigenvalue weighted by atomic mass is 16.6. The van der Waals surface area contributed by atoms with E-state index < -0.39 is 30.9 Å². The zero-order valence-electron chi connectivity index (χ0n) is 34.4. The Labute approximate surface area is 324 Å². The van der Waals surface area contributed by atoms with Gasteiger partial charge in [0.2, 0.25) is 0 Å². The topological polar surface area (TPSA) is 130 Å². The molecule has 1 rings (SSSR count). The second-order valence-electron chi connectivity index (χ2n) is 16.4. The van der Waals surface area contributed by atoms with Crippen LogP contribution < -0.4 is 0 Å². The first kappa shape index (κ1) is 49.2. The van der Waals surface area contributed by atoms with Gasteiger partial charge in [-0.25, -0.2) is 0 Å². The molecule has 0 aromatic rings.